The van der Waals surface area contributed by atoms with Crippen LogP contribution in [-0.2, 0) is 20.9 Å². The summed E-state index contributed by atoms with van der Waals surface area (Å²) in [7, 11) is 0. The number of hydrogen-bond acceptors (Lipinski definition) is 14. The van der Waals surface area contributed by atoms with Crippen LogP contribution < -0.4 is 18.9 Å². The van der Waals surface area contributed by atoms with Crippen LogP contribution in [0.4, 0.5) is 26.3 Å². The zero-order chi connectivity index (χ0) is 42.7. The number of rotatable bonds is 8. The van der Waals surface area contributed by atoms with E-state index in [1.54, 1.807) is 64.1 Å². The number of halogens is 6. The third-order valence-corrected chi connectivity index (χ3v) is 8.76. The Labute approximate surface area is 336 Å². The molecular weight excluding hydrogens is 806 g/mol. The Balaban J connectivity index is 0.000000181. The van der Waals surface area contributed by atoms with Crippen molar-refractivity contribution in [2.45, 2.75) is 64.5 Å². The van der Waals surface area contributed by atoms with Crippen molar-refractivity contribution in [2.75, 3.05) is 0 Å². The van der Waals surface area contributed by atoms with Gasteiger partial charge in [0.15, 0.2) is 11.2 Å². The van der Waals surface area contributed by atoms with Gasteiger partial charge in [0.25, 0.3) is 0 Å². The number of nitrogens with zero attached hydrogens (tertiary/aromatic N) is 6. The lowest BCUT2D eigenvalue weighted by Gasteiger charge is -2.21. The fourth-order valence-corrected chi connectivity index (χ4v) is 5.93. The summed E-state index contributed by atoms with van der Waals surface area (Å²) >= 11 is 0. The predicted octanol–water partition coefficient (Wildman–Crippen LogP) is 9.94. The maximum absolute atomic E-state index is 12.3. The molecule has 60 heavy (non-hydrogen) atoms. The van der Waals surface area contributed by atoms with Crippen LogP contribution in [-0.4, -0.2) is 44.9 Å². The lowest BCUT2D eigenvalue weighted by Crippen LogP contribution is -2.23. The Hall–Kier alpha value is -7.12. The molecule has 0 aliphatic carbocycles. The average Bonchev–Trinajstić information content (AvgIpc) is 4.00. The van der Waals surface area contributed by atoms with Gasteiger partial charge in [0.05, 0.1) is 12.8 Å². The predicted molar refractivity (Wildman–Crippen MR) is 197 cm³/mol. The first-order valence-electron chi connectivity index (χ1n) is 17.8. The summed E-state index contributed by atoms with van der Waals surface area (Å²) in [5.41, 5.74) is 0.885. The molecule has 4 heterocycles. The monoisotopic (exact) mass is 838 g/mol. The fourth-order valence-electron chi connectivity index (χ4n) is 5.93. The van der Waals surface area contributed by atoms with Crippen LogP contribution in [0.25, 0.3) is 22.9 Å². The summed E-state index contributed by atoms with van der Waals surface area (Å²) in [6.07, 6.45) is -8.91. The van der Waals surface area contributed by atoms with Gasteiger partial charge in [0.2, 0.25) is 35.4 Å². The van der Waals surface area contributed by atoms with Crippen molar-refractivity contribution in [3.8, 4) is 45.9 Å². The van der Waals surface area contributed by atoms with Gasteiger partial charge in [-0.2, -0.15) is 0 Å². The van der Waals surface area contributed by atoms with Gasteiger partial charge in [-0.05, 0) is 85.6 Å². The van der Waals surface area contributed by atoms with Gasteiger partial charge < -0.3 is 37.5 Å². The lowest BCUT2D eigenvalue weighted by atomic mass is 9.93. The molecular formula is C40H32F6N6O8. The van der Waals surface area contributed by atoms with Crippen molar-refractivity contribution in [1.29, 1.82) is 0 Å². The normalized spacial score (nSPS) is 18.6. The Morgan fingerprint density at radius 3 is 1.23 bits per heavy atom. The molecule has 0 spiro atoms. The molecule has 0 saturated heterocycles. The summed E-state index contributed by atoms with van der Waals surface area (Å²) in [4.78, 5) is 11.1. The van der Waals surface area contributed by atoms with Crippen LogP contribution in [0.1, 0.15) is 49.6 Å². The number of aromatic nitrogens is 4. The molecule has 0 bridgehead atoms. The molecule has 0 radical (unpaired) electrons. The van der Waals surface area contributed by atoms with Crippen LogP contribution in [0.2, 0.25) is 0 Å². The van der Waals surface area contributed by atoms with Crippen molar-refractivity contribution in [2.24, 2.45) is 10.3 Å². The Morgan fingerprint density at radius 1 is 0.517 bits per heavy atom. The van der Waals surface area contributed by atoms with Gasteiger partial charge in [-0.3, -0.25) is 0 Å². The minimum absolute atomic E-state index is 0.288. The van der Waals surface area contributed by atoms with Crippen LogP contribution in [0.3, 0.4) is 0 Å². The molecule has 2 aliphatic rings. The lowest BCUT2D eigenvalue weighted by molar-refractivity contribution is -0.275. The minimum Gasteiger partial charge on any atom is -0.440 e. The molecule has 6 aromatic rings. The van der Waals surface area contributed by atoms with Crippen molar-refractivity contribution in [3.63, 3.8) is 0 Å². The van der Waals surface area contributed by atoms with Gasteiger partial charge in [-0.25, -0.2) is 0 Å². The maximum Gasteiger partial charge on any atom is 0.573 e. The van der Waals surface area contributed by atoms with Gasteiger partial charge in [-0.1, -0.05) is 46.7 Å². The molecule has 2 aromatic heterocycles. The van der Waals surface area contributed by atoms with E-state index in [0.29, 0.717) is 69.1 Å². The second-order valence-corrected chi connectivity index (χ2v) is 13.6. The van der Waals surface area contributed by atoms with E-state index in [9.17, 15) is 26.3 Å². The van der Waals surface area contributed by atoms with E-state index in [1.807, 2.05) is 12.1 Å². The summed E-state index contributed by atoms with van der Waals surface area (Å²) < 4.78 is 104. The maximum atomic E-state index is 12.3. The van der Waals surface area contributed by atoms with E-state index < -0.39 is 23.9 Å². The molecule has 8 rings (SSSR count). The minimum atomic E-state index is -4.74. The molecule has 20 heteroatoms. The summed E-state index contributed by atoms with van der Waals surface area (Å²) in [6.45, 7) is 6.93. The van der Waals surface area contributed by atoms with Crippen molar-refractivity contribution < 1.29 is 63.8 Å². The number of ether oxygens (including phenoxy) is 4. The molecule has 0 amide bonds. The van der Waals surface area contributed by atoms with E-state index in [2.05, 4.69) is 40.2 Å². The van der Waals surface area contributed by atoms with Crippen molar-refractivity contribution >= 4 is 11.8 Å². The largest absolute Gasteiger partial charge is 0.573 e. The number of benzene rings is 4. The van der Waals surface area contributed by atoms with E-state index in [1.165, 1.54) is 48.5 Å². The Kier molecular flexibility index (Phi) is 11.1. The zero-order valence-electron chi connectivity index (χ0n) is 31.9. The second kappa shape index (κ2) is 16.3. The van der Waals surface area contributed by atoms with E-state index >= 15 is 0 Å². The Bertz CT molecular complexity index is 2330. The summed E-state index contributed by atoms with van der Waals surface area (Å²) in [5, 5.41) is 23.5. The number of aryl methyl sites for hydroxylation is 2. The average molecular weight is 839 g/mol. The molecule has 14 nitrogen and oxygen atoms in total. The quantitative estimate of drug-likeness (QED) is 0.134. The number of hydrogen-bond donors (Lipinski definition) is 0. The van der Waals surface area contributed by atoms with Gasteiger partial charge in [0, 0.05) is 25.0 Å². The first-order valence-corrected chi connectivity index (χ1v) is 17.8. The molecule has 312 valence electrons. The molecule has 0 saturated carbocycles. The van der Waals surface area contributed by atoms with Gasteiger partial charge in [0.1, 0.15) is 23.0 Å². The molecule has 4 aromatic carbocycles. The summed E-state index contributed by atoms with van der Waals surface area (Å²) in [5.74, 6) is 2.69. The third-order valence-electron chi connectivity index (χ3n) is 8.76. The smallest absolute Gasteiger partial charge is 0.440 e. The van der Waals surface area contributed by atoms with E-state index in [4.69, 9.17) is 28.0 Å². The number of oxime groups is 2. The van der Waals surface area contributed by atoms with Gasteiger partial charge >= 0.3 is 12.7 Å². The molecule has 0 unspecified atom stereocenters. The Morgan fingerprint density at radius 2 is 0.900 bits per heavy atom. The second-order valence-electron chi connectivity index (χ2n) is 13.6. The highest BCUT2D eigenvalue weighted by molar-refractivity contribution is 5.81. The SMILES string of the molecule is Cc1nnc(-c2cccc(OC3=NO[C@@](C)(c4ccc(OC(F)(F)F)cc4)C3)c2)o1.Cc1nnc(-c2cccc(OC3=NO[C@](C)(c4ccc(OC(F)(F)F)cc4)C3)c2)o1. The van der Waals surface area contributed by atoms with Crippen LogP contribution in [0.5, 0.6) is 23.0 Å². The van der Waals surface area contributed by atoms with E-state index in [0.717, 1.165) is 0 Å². The van der Waals surface area contributed by atoms with Gasteiger partial charge in [-0.15, -0.1) is 46.7 Å². The molecule has 0 fully saturated rings. The zero-order valence-corrected chi connectivity index (χ0v) is 31.9. The standard InChI is InChI=1S/2C20H16F3N3O4/c2*1-12-24-25-18(27-12)13-4-3-5-16(10-13)28-17-11-19(2,30-26-17)14-6-8-15(9-7-14)29-20(21,22)23/h2*3-10H,11H2,1-2H3/t2*19-/m10/s1. The highest BCUT2D eigenvalue weighted by Gasteiger charge is 2.40. The van der Waals surface area contributed by atoms with Crippen molar-refractivity contribution in [1.82, 2.24) is 20.4 Å². The fraction of sp³-hybridized carbons (Fsp3) is 0.250. The first-order chi connectivity index (χ1) is 28.4. The highest BCUT2D eigenvalue weighted by atomic mass is 19.4. The van der Waals surface area contributed by atoms with Crippen LogP contribution in [0.15, 0.2) is 116 Å². The van der Waals surface area contributed by atoms with Crippen molar-refractivity contribution in [3.05, 3.63) is 120 Å². The molecule has 0 N–H and O–H groups in total. The molecule has 2 atom stereocenters. The highest BCUT2D eigenvalue weighted by Crippen LogP contribution is 2.38. The first kappa shape index (κ1) is 41.1. The third kappa shape index (κ3) is 10.3. The topological polar surface area (TPSA) is 158 Å². The summed E-state index contributed by atoms with van der Waals surface area (Å²) in [6, 6.07) is 25.0. The number of alkyl halides is 6. The van der Waals surface area contributed by atoms with Crippen LogP contribution in [0, 0.1) is 13.8 Å². The van der Waals surface area contributed by atoms with E-state index in [-0.39, 0.29) is 24.3 Å². The van der Waals surface area contributed by atoms with Crippen LogP contribution >= 0.6 is 0 Å². The molecule has 2 aliphatic heterocycles.